The number of carbonyl (C=O) groups excluding carboxylic acids is 3. The summed E-state index contributed by atoms with van der Waals surface area (Å²) in [4.78, 5) is 48.8. The maximum atomic E-state index is 14.7. The van der Waals surface area contributed by atoms with E-state index in [1.807, 2.05) is 44.2 Å². The van der Waals surface area contributed by atoms with Gasteiger partial charge in [0, 0.05) is 43.5 Å². The molecule has 3 amide bonds. The Morgan fingerprint density at radius 1 is 1.07 bits per heavy atom. The van der Waals surface area contributed by atoms with Crippen molar-refractivity contribution in [1.29, 1.82) is 0 Å². The predicted octanol–water partition coefficient (Wildman–Crippen LogP) is 4.86. The fourth-order valence-electron chi connectivity index (χ4n) is 7.64. The molecule has 3 unspecified atom stereocenters. The van der Waals surface area contributed by atoms with Gasteiger partial charge in [-0.05, 0) is 61.9 Å². The third-order valence-electron chi connectivity index (χ3n) is 9.72. The lowest BCUT2D eigenvalue weighted by atomic mass is 9.62. The van der Waals surface area contributed by atoms with E-state index in [4.69, 9.17) is 16.3 Å². The number of aliphatic hydroxyl groups excluding tert-OH is 1. The molecule has 5 rings (SSSR count). The SMILES string of the molecule is C=CCN(Cc1ccccc1)C(=O)[C@@H]1[C@H]2C(=O)N(CCCCO)C(C(=O)N(CC=C)c3ccc(Cl)cc3)C23CC(C)[C@@]1(C)O3. The van der Waals surface area contributed by atoms with Crippen molar-refractivity contribution in [1.82, 2.24) is 9.80 Å². The van der Waals surface area contributed by atoms with Crippen molar-refractivity contribution in [2.75, 3.05) is 31.1 Å². The van der Waals surface area contributed by atoms with Crippen molar-refractivity contribution in [3.05, 3.63) is 90.5 Å². The van der Waals surface area contributed by atoms with Crippen molar-refractivity contribution < 1.29 is 24.2 Å². The second-order valence-corrected chi connectivity index (χ2v) is 12.8. The number of unbranched alkanes of at least 4 members (excludes halogenated alkanes) is 1. The van der Waals surface area contributed by atoms with Gasteiger partial charge in [0.05, 0.1) is 17.4 Å². The lowest BCUT2D eigenvalue weighted by molar-refractivity contribution is -0.151. The van der Waals surface area contributed by atoms with Crippen molar-refractivity contribution >= 4 is 35.0 Å². The molecule has 0 aliphatic carbocycles. The first-order valence-corrected chi connectivity index (χ1v) is 15.7. The first-order chi connectivity index (χ1) is 21.1. The fourth-order valence-corrected chi connectivity index (χ4v) is 7.76. The van der Waals surface area contributed by atoms with Crippen LogP contribution in [0.3, 0.4) is 0 Å². The van der Waals surface area contributed by atoms with E-state index in [1.54, 1.807) is 51.1 Å². The highest BCUT2D eigenvalue weighted by molar-refractivity contribution is 6.30. The first kappa shape index (κ1) is 31.9. The maximum Gasteiger partial charge on any atom is 0.253 e. The number of carbonyl (C=O) groups is 3. The van der Waals surface area contributed by atoms with Crippen LogP contribution in [0.15, 0.2) is 79.9 Å². The van der Waals surface area contributed by atoms with Gasteiger partial charge in [0.2, 0.25) is 11.8 Å². The minimum Gasteiger partial charge on any atom is -0.396 e. The largest absolute Gasteiger partial charge is 0.396 e. The zero-order valence-electron chi connectivity index (χ0n) is 25.5. The van der Waals surface area contributed by atoms with Crippen LogP contribution < -0.4 is 4.90 Å². The molecule has 0 saturated carbocycles. The van der Waals surface area contributed by atoms with E-state index >= 15 is 0 Å². The number of hydrogen-bond acceptors (Lipinski definition) is 5. The Kier molecular flexibility index (Phi) is 9.35. The molecule has 1 spiro atoms. The summed E-state index contributed by atoms with van der Waals surface area (Å²) < 4.78 is 6.94. The number of likely N-dealkylation sites (tertiary alicyclic amines) is 1. The summed E-state index contributed by atoms with van der Waals surface area (Å²) in [5.74, 6) is -2.39. The van der Waals surface area contributed by atoms with Crippen LogP contribution in [0.2, 0.25) is 5.02 Å². The number of anilines is 1. The van der Waals surface area contributed by atoms with Gasteiger partial charge in [0.1, 0.15) is 11.6 Å². The van der Waals surface area contributed by atoms with Crippen LogP contribution in [-0.2, 0) is 25.7 Å². The van der Waals surface area contributed by atoms with Crippen LogP contribution in [0.5, 0.6) is 0 Å². The number of halogens is 1. The topological polar surface area (TPSA) is 90.4 Å². The number of benzene rings is 2. The molecular formula is C35H42ClN3O5. The zero-order valence-corrected chi connectivity index (χ0v) is 26.3. The van der Waals surface area contributed by atoms with E-state index in [0.717, 1.165) is 5.56 Å². The van der Waals surface area contributed by atoms with Gasteiger partial charge in [0.15, 0.2) is 0 Å². The summed E-state index contributed by atoms with van der Waals surface area (Å²) in [5.41, 5.74) is -0.520. The molecule has 3 saturated heterocycles. The minimum atomic E-state index is -1.18. The number of aliphatic hydroxyl groups is 1. The Labute approximate surface area is 264 Å². The molecule has 0 aromatic heterocycles. The van der Waals surface area contributed by atoms with E-state index in [0.29, 0.717) is 43.1 Å². The maximum absolute atomic E-state index is 14.7. The smallest absolute Gasteiger partial charge is 0.253 e. The van der Waals surface area contributed by atoms with Crippen molar-refractivity contribution in [3.8, 4) is 0 Å². The number of nitrogens with zero attached hydrogens (tertiary/aromatic N) is 3. The van der Waals surface area contributed by atoms with Crippen molar-refractivity contribution in [2.45, 2.75) is 56.9 Å². The quantitative estimate of drug-likeness (QED) is 0.256. The number of fused-ring (bicyclic) bond motifs is 1. The molecule has 2 bridgehead atoms. The third-order valence-corrected chi connectivity index (χ3v) is 9.97. The predicted molar refractivity (Wildman–Crippen MR) is 171 cm³/mol. The van der Waals surface area contributed by atoms with E-state index in [9.17, 15) is 19.5 Å². The Morgan fingerprint density at radius 2 is 1.75 bits per heavy atom. The van der Waals surface area contributed by atoms with Gasteiger partial charge in [-0.3, -0.25) is 14.4 Å². The van der Waals surface area contributed by atoms with E-state index in [2.05, 4.69) is 13.2 Å². The van der Waals surface area contributed by atoms with Crippen LogP contribution >= 0.6 is 11.6 Å². The molecule has 3 fully saturated rings. The molecule has 0 radical (unpaired) electrons. The molecule has 2 aromatic carbocycles. The highest BCUT2D eigenvalue weighted by Crippen LogP contribution is 2.65. The first-order valence-electron chi connectivity index (χ1n) is 15.4. The monoisotopic (exact) mass is 619 g/mol. The van der Waals surface area contributed by atoms with Gasteiger partial charge in [-0.2, -0.15) is 0 Å². The standard InChI is InChI=1S/C35H42ClN3O5/c1-5-18-37(23-25-12-8-7-9-13-25)31(41)28-29-32(42)39(20-10-11-21-40)30(35(29)22-24(3)34(28,4)44-35)33(43)38(19-6-2)27-16-14-26(36)15-17-27/h5-9,12-17,24,28-30,40H,1-2,10-11,18-23H2,3-4H3/t24?,28-,29-,30?,34+,35?/m0/s1. The number of ether oxygens (including phenoxy) is 1. The summed E-state index contributed by atoms with van der Waals surface area (Å²) in [6.45, 7) is 12.9. The number of hydrogen-bond donors (Lipinski definition) is 1. The highest BCUT2D eigenvalue weighted by atomic mass is 35.5. The summed E-state index contributed by atoms with van der Waals surface area (Å²) >= 11 is 6.15. The van der Waals surface area contributed by atoms with E-state index in [1.165, 1.54) is 0 Å². The molecule has 6 atom stereocenters. The Hall–Kier alpha value is -3.46. The van der Waals surface area contributed by atoms with Crippen molar-refractivity contribution in [2.24, 2.45) is 17.8 Å². The van der Waals surface area contributed by atoms with Gasteiger partial charge in [-0.1, -0.05) is 61.0 Å². The lowest BCUT2D eigenvalue weighted by Gasteiger charge is -2.39. The second-order valence-electron chi connectivity index (χ2n) is 12.4. The minimum absolute atomic E-state index is 0.0225. The molecular weight excluding hydrogens is 578 g/mol. The van der Waals surface area contributed by atoms with E-state index in [-0.39, 0.29) is 43.3 Å². The van der Waals surface area contributed by atoms with Gasteiger partial charge in [-0.15, -0.1) is 13.2 Å². The van der Waals surface area contributed by atoms with Crippen LogP contribution in [0.4, 0.5) is 5.69 Å². The fraction of sp³-hybridized carbons (Fsp3) is 0.457. The molecule has 8 nitrogen and oxygen atoms in total. The molecule has 1 N–H and O–H groups in total. The Balaban J connectivity index is 1.57. The van der Waals surface area contributed by atoms with Gasteiger partial charge < -0.3 is 24.5 Å². The van der Waals surface area contributed by atoms with E-state index < -0.39 is 29.1 Å². The zero-order chi connectivity index (χ0) is 31.6. The van der Waals surface area contributed by atoms with Gasteiger partial charge in [0.25, 0.3) is 5.91 Å². The summed E-state index contributed by atoms with van der Waals surface area (Å²) in [6, 6.07) is 15.8. The molecule has 234 valence electrons. The highest BCUT2D eigenvalue weighted by Gasteiger charge is 2.80. The molecule has 3 heterocycles. The molecule has 2 aromatic rings. The Bertz CT molecular complexity index is 1400. The summed E-state index contributed by atoms with van der Waals surface area (Å²) in [7, 11) is 0. The van der Waals surface area contributed by atoms with Crippen molar-refractivity contribution in [3.63, 3.8) is 0 Å². The van der Waals surface area contributed by atoms with Gasteiger partial charge >= 0.3 is 0 Å². The van der Waals surface area contributed by atoms with Gasteiger partial charge in [-0.25, -0.2) is 0 Å². The Morgan fingerprint density at radius 3 is 2.39 bits per heavy atom. The molecule has 3 aliphatic heterocycles. The van der Waals surface area contributed by atoms with Crippen LogP contribution in [-0.4, -0.2) is 76.1 Å². The average molecular weight is 620 g/mol. The normalized spacial score (nSPS) is 28.5. The second kappa shape index (κ2) is 12.9. The summed E-state index contributed by atoms with van der Waals surface area (Å²) in [5, 5.41) is 10.1. The van der Waals surface area contributed by atoms with Crippen LogP contribution in [0.25, 0.3) is 0 Å². The average Bonchev–Trinajstić information content (AvgIpc) is 3.52. The van der Waals surface area contributed by atoms with Crippen LogP contribution in [0, 0.1) is 17.8 Å². The molecule has 3 aliphatic rings. The number of amides is 3. The molecule has 9 heteroatoms. The third kappa shape index (κ3) is 5.37. The molecule has 44 heavy (non-hydrogen) atoms. The summed E-state index contributed by atoms with van der Waals surface area (Å²) in [6.07, 6.45) is 4.81. The lowest BCUT2D eigenvalue weighted by Crippen LogP contribution is -2.57. The van der Waals surface area contributed by atoms with Crippen LogP contribution in [0.1, 0.15) is 38.7 Å². The number of rotatable bonds is 13.